The molecule has 36 heavy (non-hydrogen) atoms. The summed E-state index contributed by atoms with van der Waals surface area (Å²) in [6, 6.07) is 11.3. The predicted molar refractivity (Wildman–Crippen MR) is 144 cm³/mol. The standard InChI is InChI=1S/C26H36ClN3O5S/c1-7-23(26(32)28-15-18(2)3)29(16-20-11-9-8-10-19(20)4)25(31)17-30(36(6,33)34)21-12-13-24(35-5)22(27)14-21/h8-14,18,23H,7,15-17H2,1-6H3,(H,28,32)/t23-/m0/s1. The van der Waals surface area contributed by atoms with Crippen LogP contribution in [-0.2, 0) is 26.2 Å². The lowest BCUT2D eigenvalue weighted by Gasteiger charge is -2.33. The number of sulfonamides is 1. The molecule has 0 fully saturated rings. The molecule has 0 saturated heterocycles. The zero-order chi connectivity index (χ0) is 27.0. The third kappa shape index (κ3) is 7.86. The molecule has 2 aromatic rings. The second kappa shape index (κ2) is 13.0. The molecule has 0 saturated carbocycles. The summed E-state index contributed by atoms with van der Waals surface area (Å²) >= 11 is 6.23. The van der Waals surface area contributed by atoms with Crippen molar-refractivity contribution in [1.29, 1.82) is 0 Å². The minimum Gasteiger partial charge on any atom is -0.495 e. The molecule has 0 aliphatic rings. The highest BCUT2D eigenvalue weighted by Crippen LogP contribution is 2.30. The number of aryl methyl sites for hydroxylation is 1. The van der Waals surface area contributed by atoms with Crippen LogP contribution >= 0.6 is 11.6 Å². The van der Waals surface area contributed by atoms with Gasteiger partial charge in [-0.05, 0) is 48.6 Å². The Hall–Kier alpha value is -2.78. The summed E-state index contributed by atoms with van der Waals surface area (Å²) in [5, 5.41) is 3.12. The van der Waals surface area contributed by atoms with Crippen molar-refractivity contribution in [2.75, 3.05) is 30.8 Å². The Morgan fingerprint density at radius 2 is 1.81 bits per heavy atom. The molecule has 198 valence electrons. The number of carbonyl (C=O) groups excluding carboxylic acids is 2. The average molecular weight is 538 g/mol. The van der Waals surface area contributed by atoms with Crippen LogP contribution in [0, 0.1) is 12.8 Å². The van der Waals surface area contributed by atoms with Gasteiger partial charge in [-0.25, -0.2) is 8.42 Å². The van der Waals surface area contributed by atoms with Crippen LogP contribution in [0.15, 0.2) is 42.5 Å². The van der Waals surface area contributed by atoms with E-state index in [1.165, 1.54) is 24.1 Å². The predicted octanol–water partition coefficient (Wildman–Crippen LogP) is 4.00. The summed E-state index contributed by atoms with van der Waals surface area (Å²) in [6.07, 6.45) is 1.39. The van der Waals surface area contributed by atoms with Gasteiger partial charge in [0.2, 0.25) is 21.8 Å². The number of hydrogen-bond acceptors (Lipinski definition) is 5. The van der Waals surface area contributed by atoms with Crippen molar-refractivity contribution >= 4 is 39.1 Å². The number of amides is 2. The second-order valence-corrected chi connectivity index (χ2v) is 11.4. The lowest BCUT2D eigenvalue weighted by molar-refractivity contribution is -0.140. The van der Waals surface area contributed by atoms with E-state index in [0.29, 0.717) is 18.7 Å². The van der Waals surface area contributed by atoms with Crippen molar-refractivity contribution in [2.45, 2.75) is 46.7 Å². The van der Waals surface area contributed by atoms with E-state index in [1.807, 2.05) is 52.0 Å². The maximum atomic E-state index is 13.7. The maximum absolute atomic E-state index is 13.7. The highest BCUT2D eigenvalue weighted by Gasteiger charge is 2.32. The van der Waals surface area contributed by atoms with Gasteiger partial charge in [0, 0.05) is 13.1 Å². The van der Waals surface area contributed by atoms with E-state index < -0.39 is 28.5 Å². The molecule has 10 heteroatoms. The molecule has 0 spiro atoms. The molecule has 0 aromatic heterocycles. The molecule has 0 aliphatic carbocycles. The first-order valence-electron chi connectivity index (χ1n) is 11.8. The number of hydrogen-bond donors (Lipinski definition) is 1. The van der Waals surface area contributed by atoms with Gasteiger partial charge in [-0.1, -0.05) is 56.6 Å². The normalized spacial score (nSPS) is 12.2. The fourth-order valence-corrected chi connectivity index (χ4v) is 4.83. The minimum atomic E-state index is -3.85. The zero-order valence-electron chi connectivity index (χ0n) is 21.7. The number of rotatable bonds is 12. The van der Waals surface area contributed by atoms with Crippen molar-refractivity contribution in [1.82, 2.24) is 10.2 Å². The molecule has 2 rings (SSSR count). The molecular weight excluding hydrogens is 502 g/mol. The Morgan fingerprint density at radius 3 is 2.33 bits per heavy atom. The Labute approximate surface area is 219 Å². The number of nitrogens with zero attached hydrogens (tertiary/aromatic N) is 2. The topological polar surface area (TPSA) is 96.0 Å². The molecule has 0 radical (unpaired) electrons. The van der Waals surface area contributed by atoms with E-state index in [-0.39, 0.29) is 29.1 Å². The summed E-state index contributed by atoms with van der Waals surface area (Å²) in [6.45, 7) is 7.89. The van der Waals surface area contributed by atoms with E-state index in [4.69, 9.17) is 16.3 Å². The molecule has 1 atom stereocenters. The van der Waals surface area contributed by atoms with Crippen LogP contribution in [0.3, 0.4) is 0 Å². The first-order valence-corrected chi connectivity index (χ1v) is 14.0. The van der Waals surface area contributed by atoms with Gasteiger partial charge in [-0.2, -0.15) is 0 Å². The van der Waals surface area contributed by atoms with Gasteiger partial charge in [-0.15, -0.1) is 0 Å². The average Bonchev–Trinajstić information content (AvgIpc) is 2.81. The van der Waals surface area contributed by atoms with E-state index in [1.54, 1.807) is 6.07 Å². The van der Waals surface area contributed by atoms with Gasteiger partial charge in [0.05, 0.1) is 24.1 Å². The Bertz CT molecular complexity index is 1170. The van der Waals surface area contributed by atoms with Crippen molar-refractivity contribution in [3.05, 3.63) is 58.6 Å². The smallest absolute Gasteiger partial charge is 0.244 e. The van der Waals surface area contributed by atoms with Gasteiger partial charge in [0.25, 0.3) is 0 Å². The van der Waals surface area contributed by atoms with Crippen molar-refractivity contribution < 1.29 is 22.7 Å². The number of benzene rings is 2. The lowest BCUT2D eigenvalue weighted by Crippen LogP contribution is -2.52. The van der Waals surface area contributed by atoms with Gasteiger partial charge in [-0.3, -0.25) is 13.9 Å². The maximum Gasteiger partial charge on any atom is 0.244 e. The number of carbonyl (C=O) groups is 2. The monoisotopic (exact) mass is 537 g/mol. The van der Waals surface area contributed by atoms with Crippen LogP contribution in [0.4, 0.5) is 5.69 Å². The molecule has 0 heterocycles. The van der Waals surface area contributed by atoms with Gasteiger partial charge in [0.15, 0.2) is 0 Å². The van der Waals surface area contributed by atoms with E-state index >= 15 is 0 Å². The summed E-state index contributed by atoms with van der Waals surface area (Å²) in [5.41, 5.74) is 2.07. The minimum absolute atomic E-state index is 0.167. The van der Waals surface area contributed by atoms with Crippen LogP contribution in [0.2, 0.25) is 5.02 Å². The summed E-state index contributed by atoms with van der Waals surface area (Å²) in [5.74, 6) is -0.143. The number of methoxy groups -OCH3 is 1. The fourth-order valence-electron chi connectivity index (χ4n) is 3.74. The van der Waals surface area contributed by atoms with Crippen LogP contribution < -0.4 is 14.4 Å². The first kappa shape index (κ1) is 29.5. The Morgan fingerprint density at radius 1 is 1.14 bits per heavy atom. The summed E-state index contributed by atoms with van der Waals surface area (Å²) in [7, 11) is -2.40. The van der Waals surface area contributed by atoms with Gasteiger partial charge in [0.1, 0.15) is 18.3 Å². The SMILES string of the molecule is CC[C@@H](C(=O)NCC(C)C)N(Cc1ccccc1C)C(=O)CN(c1ccc(OC)c(Cl)c1)S(C)(=O)=O. The van der Waals surface area contributed by atoms with Crippen molar-refractivity contribution in [3.8, 4) is 5.75 Å². The molecule has 8 nitrogen and oxygen atoms in total. The molecule has 0 unspecified atom stereocenters. The highest BCUT2D eigenvalue weighted by molar-refractivity contribution is 7.92. The molecule has 2 amide bonds. The summed E-state index contributed by atoms with van der Waals surface area (Å²) < 4.78 is 31.6. The van der Waals surface area contributed by atoms with E-state index in [9.17, 15) is 18.0 Å². The zero-order valence-corrected chi connectivity index (χ0v) is 23.3. The third-order valence-corrected chi connectivity index (χ3v) is 7.21. The number of halogens is 1. The fraction of sp³-hybridized carbons (Fsp3) is 0.462. The molecular formula is C26H36ClN3O5S. The molecule has 0 bridgehead atoms. The van der Waals surface area contributed by atoms with E-state index in [2.05, 4.69) is 5.32 Å². The van der Waals surface area contributed by atoms with Gasteiger partial charge < -0.3 is 15.0 Å². The number of anilines is 1. The Balaban J connectivity index is 2.46. The summed E-state index contributed by atoms with van der Waals surface area (Å²) in [4.78, 5) is 28.3. The largest absolute Gasteiger partial charge is 0.495 e. The first-order chi connectivity index (χ1) is 16.9. The highest BCUT2D eigenvalue weighted by atomic mass is 35.5. The molecule has 1 N–H and O–H groups in total. The second-order valence-electron chi connectivity index (χ2n) is 9.10. The quantitative estimate of drug-likeness (QED) is 0.441. The number of ether oxygens (including phenoxy) is 1. The third-order valence-electron chi connectivity index (χ3n) is 5.77. The van der Waals surface area contributed by atoms with Crippen molar-refractivity contribution in [2.24, 2.45) is 5.92 Å². The molecule has 0 aliphatic heterocycles. The van der Waals surface area contributed by atoms with Gasteiger partial charge >= 0.3 is 0 Å². The van der Waals surface area contributed by atoms with Crippen LogP contribution in [0.5, 0.6) is 5.75 Å². The van der Waals surface area contributed by atoms with Crippen LogP contribution in [0.25, 0.3) is 0 Å². The number of nitrogens with one attached hydrogen (secondary N) is 1. The Kier molecular flexibility index (Phi) is 10.6. The van der Waals surface area contributed by atoms with Crippen LogP contribution in [0.1, 0.15) is 38.3 Å². The van der Waals surface area contributed by atoms with Crippen LogP contribution in [-0.4, -0.2) is 57.6 Å². The van der Waals surface area contributed by atoms with E-state index in [0.717, 1.165) is 21.7 Å². The van der Waals surface area contributed by atoms with Crippen molar-refractivity contribution in [3.63, 3.8) is 0 Å². The lowest BCUT2D eigenvalue weighted by atomic mass is 10.1. The molecule has 2 aromatic carbocycles.